The Balaban J connectivity index is 1.80. The Morgan fingerprint density at radius 2 is 1.93 bits per heavy atom. The number of rotatable bonds is 6. The zero-order valence-electron chi connectivity index (χ0n) is 15.0. The van der Waals surface area contributed by atoms with Crippen molar-refractivity contribution in [2.75, 3.05) is 6.54 Å². The van der Waals surface area contributed by atoms with Crippen LogP contribution in [0.4, 0.5) is 5.69 Å². The maximum absolute atomic E-state index is 12.5. The van der Waals surface area contributed by atoms with Crippen LogP contribution in [0, 0.1) is 10.1 Å². The number of amides is 2. The fraction of sp³-hybridized carbons (Fsp3) is 0.150. The van der Waals surface area contributed by atoms with Gasteiger partial charge in [-0.1, -0.05) is 18.2 Å². The number of fused-ring (bicyclic) bond motifs is 1. The Kier molecular flexibility index (Phi) is 5.04. The molecule has 1 aliphatic heterocycles. The van der Waals surface area contributed by atoms with Gasteiger partial charge in [0.05, 0.1) is 21.6 Å². The molecular weight excluding hydrogens is 364 g/mol. The van der Waals surface area contributed by atoms with Gasteiger partial charge in [0.15, 0.2) is 0 Å². The van der Waals surface area contributed by atoms with Crippen molar-refractivity contribution in [3.63, 3.8) is 0 Å². The second kappa shape index (κ2) is 7.43. The van der Waals surface area contributed by atoms with Crippen LogP contribution in [0.5, 0.6) is 0 Å². The van der Waals surface area contributed by atoms with E-state index in [9.17, 15) is 24.5 Å². The molecule has 0 N–H and O–H groups in total. The largest absolute Gasteiger partial charge is 0.454 e. The molecule has 1 aliphatic rings. The van der Waals surface area contributed by atoms with Crippen molar-refractivity contribution >= 4 is 23.5 Å². The minimum absolute atomic E-state index is 0.0793. The molecule has 2 aromatic rings. The van der Waals surface area contributed by atoms with Gasteiger partial charge in [-0.2, -0.15) is 0 Å². The summed E-state index contributed by atoms with van der Waals surface area (Å²) in [5, 5.41) is 10.9. The van der Waals surface area contributed by atoms with Crippen LogP contribution < -0.4 is 0 Å². The van der Waals surface area contributed by atoms with E-state index in [4.69, 9.17) is 4.74 Å². The van der Waals surface area contributed by atoms with Crippen molar-refractivity contribution in [3.8, 4) is 0 Å². The third kappa shape index (κ3) is 3.39. The zero-order chi connectivity index (χ0) is 20.4. The maximum atomic E-state index is 12.5. The Hall–Kier alpha value is -3.81. The highest BCUT2D eigenvalue weighted by molar-refractivity contribution is 6.22. The first-order valence-corrected chi connectivity index (χ1v) is 8.40. The molecular formula is C20H16N2O6. The molecule has 0 fully saturated rings. The number of ether oxygens (including phenoxy) is 1. The summed E-state index contributed by atoms with van der Waals surface area (Å²) in [5.74, 6) is -1.64. The van der Waals surface area contributed by atoms with E-state index in [1.807, 2.05) is 0 Å². The molecule has 0 unspecified atom stereocenters. The van der Waals surface area contributed by atoms with E-state index >= 15 is 0 Å². The molecule has 1 atom stereocenters. The summed E-state index contributed by atoms with van der Waals surface area (Å²) >= 11 is 0. The molecule has 2 amide bonds. The van der Waals surface area contributed by atoms with E-state index in [1.165, 1.54) is 42.5 Å². The number of carbonyl (C=O) groups excluding carboxylic acids is 3. The summed E-state index contributed by atoms with van der Waals surface area (Å²) < 4.78 is 5.37. The lowest BCUT2D eigenvalue weighted by Crippen LogP contribution is -2.29. The third-order valence-electron chi connectivity index (χ3n) is 4.35. The molecule has 0 radical (unpaired) electrons. The molecule has 0 saturated heterocycles. The number of benzene rings is 2. The van der Waals surface area contributed by atoms with Crippen LogP contribution in [0.2, 0.25) is 0 Å². The molecule has 0 aromatic heterocycles. The van der Waals surface area contributed by atoms with Gasteiger partial charge in [0, 0.05) is 18.7 Å². The first-order valence-electron chi connectivity index (χ1n) is 8.40. The van der Waals surface area contributed by atoms with Crippen LogP contribution in [0.15, 0.2) is 55.1 Å². The number of nitrogens with zero attached hydrogens (tertiary/aromatic N) is 2. The van der Waals surface area contributed by atoms with Crippen LogP contribution >= 0.6 is 0 Å². The molecule has 8 heteroatoms. The summed E-state index contributed by atoms with van der Waals surface area (Å²) in [7, 11) is 0. The van der Waals surface area contributed by atoms with Gasteiger partial charge in [-0.05, 0) is 30.7 Å². The average Bonchev–Trinajstić information content (AvgIpc) is 2.92. The number of hydrogen-bond donors (Lipinski definition) is 0. The molecule has 0 aliphatic carbocycles. The standard InChI is InChI=1S/C20H16N2O6/c1-3-9-21-18(23)16-8-7-14(11-17(16)19(21)24)20(25)28-12(2)13-5-4-6-15(10-13)22(26)27/h3-8,10-12H,1,9H2,2H3/t12-/m0/s1. The van der Waals surface area contributed by atoms with Crippen molar-refractivity contribution in [1.82, 2.24) is 4.90 Å². The first-order chi connectivity index (χ1) is 13.3. The van der Waals surface area contributed by atoms with Crippen LogP contribution in [0.3, 0.4) is 0 Å². The number of imide groups is 1. The molecule has 8 nitrogen and oxygen atoms in total. The van der Waals surface area contributed by atoms with Gasteiger partial charge in [0.25, 0.3) is 17.5 Å². The van der Waals surface area contributed by atoms with Gasteiger partial charge >= 0.3 is 5.97 Å². The Morgan fingerprint density at radius 1 is 1.21 bits per heavy atom. The lowest BCUT2D eigenvalue weighted by atomic mass is 10.1. The summed E-state index contributed by atoms with van der Waals surface area (Å²) in [6.07, 6.45) is 0.702. The van der Waals surface area contributed by atoms with E-state index < -0.39 is 28.8 Å². The molecule has 28 heavy (non-hydrogen) atoms. The van der Waals surface area contributed by atoms with Crippen LogP contribution in [0.1, 0.15) is 49.7 Å². The monoisotopic (exact) mass is 380 g/mol. The van der Waals surface area contributed by atoms with Crippen molar-refractivity contribution in [2.24, 2.45) is 0 Å². The number of esters is 1. The predicted molar refractivity (Wildman–Crippen MR) is 98.9 cm³/mol. The minimum atomic E-state index is -0.741. The zero-order valence-corrected chi connectivity index (χ0v) is 15.0. The van der Waals surface area contributed by atoms with E-state index in [0.717, 1.165) is 4.90 Å². The molecule has 0 bridgehead atoms. The Bertz CT molecular complexity index is 1010. The minimum Gasteiger partial charge on any atom is -0.454 e. The SMILES string of the molecule is C=CCN1C(=O)c2ccc(C(=O)O[C@@H](C)c3cccc([N+](=O)[O-])c3)cc2C1=O. The highest BCUT2D eigenvalue weighted by atomic mass is 16.6. The summed E-state index contributed by atoms with van der Waals surface area (Å²) in [6.45, 7) is 5.19. The molecule has 142 valence electrons. The molecule has 0 spiro atoms. The fourth-order valence-corrected chi connectivity index (χ4v) is 2.90. The summed E-state index contributed by atoms with van der Waals surface area (Å²) in [5.41, 5.74) is 0.813. The van der Waals surface area contributed by atoms with Crippen LogP contribution in [-0.4, -0.2) is 34.2 Å². The number of hydrogen-bond acceptors (Lipinski definition) is 6. The molecule has 0 saturated carbocycles. The van der Waals surface area contributed by atoms with Crippen LogP contribution in [-0.2, 0) is 4.74 Å². The highest BCUT2D eigenvalue weighted by Crippen LogP contribution is 2.26. The van der Waals surface area contributed by atoms with E-state index in [1.54, 1.807) is 13.0 Å². The second-order valence-electron chi connectivity index (χ2n) is 6.17. The smallest absolute Gasteiger partial charge is 0.338 e. The van der Waals surface area contributed by atoms with E-state index in [2.05, 4.69) is 6.58 Å². The second-order valence-corrected chi connectivity index (χ2v) is 6.17. The Labute approximate surface area is 160 Å². The first kappa shape index (κ1) is 19.0. The van der Waals surface area contributed by atoms with Gasteiger partial charge in [0.2, 0.25) is 0 Å². The Morgan fingerprint density at radius 3 is 2.61 bits per heavy atom. The van der Waals surface area contributed by atoms with Crippen molar-refractivity contribution in [3.05, 3.63) is 87.5 Å². The van der Waals surface area contributed by atoms with Crippen LogP contribution in [0.25, 0.3) is 0 Å². The lowest BCUT2D eigenvalue weighted by molar-refractivity contribution is -0.385. The molecule has 1 heterocycles. The predicted octanol–water partition coefficient (Wildman–Crippen LogP) is 3.29. The van der Waals surface area contributed by atoms with Crippen molar-refractivity contribution in [1.29, 1.82) is 0 Å². The topological polar surface area (TPSA) is 107 Å². The fourth-order valence-electron chi connectivity index (χ4n) is 2.90. The number of nitro benzene ring substituents is 1. The van der Waals surface area contributed by atoms with Gasteiger partial charge in [-0.25, -0.2) is 4.79 Å². The summed E-state index contributed by atoms with van der Waals surface area (Å²) in [4.78, 5) is 48.4. The van der Waals surface area contributed by atoms with Gasteiger partial charge in [0.1, 0.15) is 6.10 Å². The maximum Gasteiger partial charge on any atom is 0.338 e. The van der Waals surface area contributed by atoms with Crippen molar-refractivity contribution < 1.29 is 24.0 Å². The van der Waals surface area contributed by atoms with Gasteiger partial charge < -0.3 is 4.74 Å². The quantitative estimate of drug-likeness (QED) is 0.250. The lowest BCUT2D eigenvalue weighted by Gasteiger charge is -2.13. The number of non-ortho nitro benzene ring substituents is 1. The normalized spacial score (nSPS) is 13.8. The van der Waals surface area contributed by atoms with E-state index in [0.29, 0.717) is 5.56 Å². The average molecular weight is 380 g/mol. The molecule has 2 aromatic carbocycles. The highest BCUT2D eigenvalue weighted by Gasteiger charge is 2.35. The number of carbonyl (C=O) groups is 3. The molecule has 3 rings (SSSR count). The van der Waals surface area contributed by atoms with Gasteiger partial charge in [-0.15, -0.1) is 6.58 Å². The third-order valence-corrected chi connectivity index (χ3v) is 4.35. The summed E-state index contributed by atoms with van der Waals surface area (Å²) in [6, 6.07) is 9.93. The van der Waals surface area contributed by atoms with Crippen molar-refractivity contribution in [2.45, 2.75) is 13.0 Å². The van der Waals surface area contributed by atoms with Gasteiger partial charge in [-0.3, -0.25) is 24.6 Å². The van der Waals surface area contributed by atoms with E-state index in [-0.39, 0.29) is 28.9 Å². The number of nitro groups is 1.